The Kier molecular flexibility index (Phi) is 5.36. The number of aromatic nitrogens is 2. The van der Waals surface area contributed by atoms with E-state index < -0.39 is 17.0 Å². The number of rotatable bonds is 5. The van der Waals surface area contributed by atoms with Crippen molar-refractivity contribution in [2.75, 3.05) is 12.5 Å². The fraction of sp³-hybridized carbons (Fsp3) is 0.118. The van der Waals surface area contributed by atoms with Crippen LogP contribution in [-0.2, 0) is 6.18 Å². The van der Waals surface area contributed by atoms with E-state index in [1.807, 2.05) is 0 Å². The maximum atomic E-state index is 13.2. The Morgan fingerprint density at radius 1 is 1.15 bits per heavy atom. The summed E-state index contributed by atoms with van der Waals surface area (Å²) < 4.78 is 57.8. The van der Waals surface area contributed by atoms with Crippen molar-refractivity contribution in [3.63, 3.8) is 0 Å². The number of ether oxygens (including phenoxy) is 1. The van der Waals surface area contributed by atoms with Crippen molar-refractivity contribution in [3.8, 4) is 17.0 Å². The number of hydrogen-bond donors (Lipinski definition) is 1. The zero-order chi connectivity index (χ0) is 19.4. The zero-order valence-corrected chi connectivity index (χ0v) is 14.6. The Labute approximate surface area is 155 Å². The van der Waals surface area contributed by atoms with Gasteiger partial charge < -0.3 is 4.74 Å². The lowest BCUT2D eigenvalue weighted by Gasteiger charge is -2.12. The molecule has 2 heterocycles. The van der Waals surface area contributed by atoms with Crippen LogP contribution in [0, 0.1) is 5.13 Å². The minimum absolute atomic E-state index is 0.0228. The van der Waals surface area contributed by atoms with Crippen molar-refractivity contribution < 1.29 is 22.3 Å². The van der Waals surface area contributed by atoms with E-state index in [1.54, 1.807) is 24.3 Å². The van der Waals surface area contributed by atoms with Gasteiger partial charge in [-0.2, -0.15) is 22.7 Å². The first-order valence-electron chi connectivity index (χ1n) is 7.51. The van der Waals surface area contributed by atoms with Crippen molar-refractivity contribution in [3.05, 3.63) is 58.2 Å². The predicted octanol–water partition coefficient (Wildman–Crippen LogP) is 4.82. The number of thiophene rings is 1. The molecule has 27 heavy (non-hydrogen) atoms. The molecule has 10 heteroatoms. The molecule has 3 aromatic rings. The van der Waals surface area contributed by atoms with Crippen LogP contribution in [0.5, 0.6) is 5.75 Å². The van der Waals surface area contributed by atoms with E-state index in [1.165, 1.54) is 25.5 Å². The Morgan fingerprint density at radius 2 is 1.93 bits per heavy atom. The standard InChI is InChI=1S/C17H12F4N4OS/c1-26-13-5-3-2-4-11(13)12-8-14(17(19,20)21)24-16(23-12)25-22-9-10-6-7-15(18)27-10/h2-9H,1H3,(H,23,24,25)/b22-9-. The van der Waals surface area contributed by atoms with Gasteiger partial charge in [0, 0.05) is 5.56 Å². The number of nitrogens with one attached hydrogen (secondary N) is 1. The van der Waals surface area contributed by atoms with Crippen LogP contribution in [0.25, 0.3) is 11.3 Å². The third kappa shape index (κ3) is 4.59. The Morgan fingerprint density at radius 3 is 2.59 bits per heavy atom. The molecule has 140 valence electrons. The molecule has 1 N–H and O–H groups in total. The predicted molar refractivity (Wildman–Crippen MR) is 94.5 cm³/mol. The molecule has 0 saturated carbocycles. The highest BCUT2D eigenvalue weighted by Crippen LogP contribution is 2.34. The average molecular weight is 396 g/mol. The Hall–Kier alpha value is -3.01. The van der Waals surface area contributed by atoms with Crippen LogP contribution >= 0.6 is 11.3 Å². The van der Waals surface area contributed by atoms with Gasteiger partial charge in [0.05, 0.1) is 23.9 Å². The minimum atomic E-state index is -4.67. The average Bonchev–Trinajstić information content (AvgIpc) is 3.06. The lowest BCUT2D eigenvalue weighted by molar-refractivity contribution is -0.141. The molecule has 5 nitrogen and oxygen atoms in total. The lowest BCUT2D eigenvalue weighted by atomic mass is 10.1. The van der Waals surface area contributed by atoms with Crippen LogP contribution in [0.2, 0.25) is 0 Å². The maximum Gasteiger partial charge on any atom is 0.433 e. The number of alkyl halides is 3. The summed E-state index contributed by atoms with van der Waals surface area (Å²) in [5.41, 5.74) is 1.62. The SMILES string of the molecule is COc1ccccc1-c1cc(C(F)(F)F)nc(N/N=C\c2ccc(F)s2)n1. The second-order valence-electron chi connectivity index (χ2n) is 5.17. The number of halogens is 4. The van der Waals surface area contributed by atoms with Gasteiger partial charge in [-0.25, -0.2) is 15.4 Å². The zero-order valence-electron chi connectivity index (χ0n) is 13.8. The highest BCUT2D eigenvalue weighted by Gasteiger charge is 2.34. The van der Waals surface area contributed by atoms with E-state index in [2.05, 4.69) is 20.5 Å². The van der Waals surface area contributed by atoms with Crippen molar-refractivity contribution >= 4 is 23.5 Å². The number of anilines is 1. The molecule has 0 radical (unpaired) electrons. The fourth-order valence-corrected chi connectivity index (χ4v) is 2.79. The van der Waals surface area contributed by atoms with Gasteiger partial charge in [0.2, 0.25) is 5.95 Å². The fourth-order valence-electron chi connectivity index (χ4n) is 2.19. The van der Waals surface area contributed by atoms with Crippen molar-refractivity contribution in [1.82, 2.24) is 9.97 Å². The third-order valence-electron chi connectivity index (χ3n) is 3.35. The Bertz CT molecular complexity index is 972. The molecule has 0 amide bonds. The molecule has 0 fully saturated rings. The summed E-state index contributed by atoms with van der Waals surface area (Å²) >= 11 is 0.842. The molecular formula is C17H12F4N4OS. The van der Waals surface area contributed by atoms with Gasteiger partial charge in [-0.1, -0.05) is 12.1 Å². The molecule has 0 aliphatic rings. The van der Waals surface area contributed by atoms with E-state index in [4.69, 9.17) is 4.74 Å². The monoisotopic (exact) mass is 396 g/mol. The van der Waals surface area contributed by atoms with E-state index in [9.17, 15) is 17.6 Å². The molecule has 2 aromatic heterocycles. The van der Waals surface area contributed by atoms with Gasteiger partial charge in [0.1, 0.15) is 5.75 Å². The summed E-state index contributed by atoms with van der Waals surface area (Å²) in [7, 11) is 1.41. The topological polar surface area (TPSA) is 59.4 Å². The van der Waals surface area contributed by atoms with Crippen LogP contribution in [0.15, 0.2) is 47.6 Å². The van der Waals surface area contributed by atoms with Gasteiger partial charge in [-0.3, -0.25) is 0 Å². The highest BCUT2D eigenvalue weighted by molar-refractivity contribution is 7.12. The second-order valence-corrected chi connectivity index (χ2v) is 6.24. The molecule has 0 atom stereocenters. The molecule has 0 unspecified atom stereocenters. The smallest absolute Gasteiger partial charge is 0.433 e. The van der Waals surface area contributed by atoms with Crippen LogP contribution in [0.1, 0.15) is 10.6 Å². The van der Waals surface area contributed by atoms with Gasteiger partial charge in [-0.15, -0.1) is 11.3 Å². The van der Waals surface area contributed by atoms with Crippen LogP contribution < -0.4 is 10.2 Å². The second kappa shape index (κ2) is 7.70. The number of benzene rings is 1. The molecule has 3 rings (SSSR count). The summed E-state index contributed by atoms with van der Waals surface area (Å²) in [6, 6.07) is 10.1. The van der Waals surface area contributed by atoms with Gasteiger partial charge in [-0.05, 0) is 30.3 Å². The number of para-hydroxylation sites is 1. The highest BCUT2D eigenvalue weighted by atomic mass is 32.1. The van der Waals surface area contributed by atoms with Crippen molar-refractivity contribution in [2.24, 2.45) is 5.10 Å². The first kappa shape index (κ1) is 18.8. The first-order valence-corrected chi connectivity index (χ1v) is 8.32. The van der Waals surface area contributed by atoms with E-state index in [-0.39, 0.29) is 11.6 Å². The van der Waals surface area contributed by atoms with E-state index in [0.717, 1.165) is 17.4 Å². The summed E-state index contributed by atoms with van der Waals surface area (Å²) in [5, 5.41) is 3.37. The van der Waals surface area contributed by atoms with Crippen LogP contribution in [0.4, 0.5) is 23.5 Å². The van der Waals surface area contributed by atoms with E-state index >= 15 is 0 Å². The number of nitrogens with zero attached hydrogens (tertiary/aromatic N) is 3. The summed E-state index contributed by atoms with van der Waals surface area (Å²) in [4.78, 5) is 8.01. The molecule has 0 saturated heterocycles. The molecule has 1 aromatic carbocycles. The molecule has 0 bridgehead atoms. The summed E-state index contributed by atoms with van der Waals surface area (Å²) in [5.74, 6) is 0.0202. The van der Waals surface area contributed by atoms with Crippen molar-refractivity contribution in [1.29, 1.82) is 0 Å². The number of hydrogen-bond acceptors (Lipinski definition) is 6. The van der Waals surface area contributed by atoms with Crippen molar-refractivity contribution in [2.45, 2.75) is 6.18 Å². The first-order chi connectivity index (χ1) is 12.9. The van der Waals surface area contributed by atoms with Gasteiger partial charge >= 0.3 is 6.18 Å². The number of methoxy groups -OCH3 is 1. The van der Waals surface area contributed by atoms with Crippen LogP contribution in [-0.4, -0.2) is 23.3 Å². The van der Waals surface area contributed by atoms with Crippen LogP contribution in [0.3, 0.4) is 0 Å². The number of hydrazone groups is 1. The lowest BCUT2D eigenvalue weighted by Crippen LogP contribution is -2.11. The summed E-state index contributed by atoms with van der Waals surface area (Å²) in [6.45, 7) is 0. The summed E-state index contributed by atoms with van der Waals surface area (Å²) in [6.07, 6.45) is -3.41. The normalized spacial score (nSPS) is 11.7. The minimum Gasteiger partial charge on any atom is -0.496 e. The molecule has 0 spiro atoms. The molecule has 0 aliphatic carbocycles. The maximum absolute atomic E-state index is 13.2. The Balaban J connectivity index is 1.97. The molecule has 0 aliphatic heterocycles. The quantitative estimate of drug-likeness (QED) is 0.382. The van der Waals surface area contributed by atoms with E-state index in [0.29, 0.717) is 16.2 Å². The third-order valence-corrected chi connectivity index (χ3v) is 4.16. The largest absolute Gasteiger partial charge is 0.496 e. The molecular weight excluding hydrogens is 384 g/mol. The van der Waals surface area contributed by atoms with Gasteiger partial charge in [0.25, 0.3) is 0 Å². The van der Waals surface area contributed by atoms with Gasteiger partial charge in [0.15, 0.2) is 10.8 Å².